The van der Waals surface area contributed by atoms with E-state index in [-0.39, 0.29) is 5.78 Å². The molecule has 72 valence electrons. The van der Waals surface area contributed by atoms with Gasteiger partial charge in [-0.05, 0) is 13.8 Å². The van der Waals surface area contributed by atoms with Gasteiger partial charge in [-0.2, -0.15) is 0 Å². The zero-order valence-corrected chi connectivity index (χ0v) is 8.42. The minimum atomic E-state index is -0.120. The molecule has 4 nitrogen and oxygen atoms in total. The van der Waals surface area contributed by atoms with Gasteiger partial charge in [0, 0.05) is 6.20 Å². The molecule has 0 fully saturated rings. The minimum Gasteiger partial charge on any atom is -0.335 e. The van der Waals surface area contributed by atoms with Crippen LogP contribution in [0.2, 0.25) is 5.02 Å². The fourth-order valence-electron chi connectivity index (χ4n) is 1.26. The van der Waals surface area contributed by atoms with Crippen LogP contribution in [0.3, 0.4) is 0 Å². The average Bonchev–Trinajstić information content (AvgIpc) is 2.48. The second-order valence-corrected chi connectivity index (χ2v) is 3.37. The number of carbonyl (C=O) groups excluding carboxylic acids is 1. The molecule has 0 saturated heterocycles. The van der Waals surface area contributed by atoms with E-state index in [1.54, 1.807) is 6.92 Å². The van der Waals surface area contributed by atoms with Crippen molar-refractivity contribution < 1.29 is 9.32 Å². The van der Waals surface area contributed by atoms with E-state index in [1.807, 2.05) is 0 Å². The van der Waals surface area contributed by atoms with Crippen LogP contribution in [0, 0.1) is 6.92 Å². The number of hydrogen-bond donors (Lipinski definition) is 0. The summed E-state index contributed by atoms with van der Waals surface area (Å²) in [4.78, 5) is 15.1. The Bertz CT molecular complexity index is 519. The van der Waals surface area contributed by atoms with Gasteiger partial charge in [-0.3, -0.25) is 4.79 Å². The Hall–Kier alpha value is -1.42. The molecule has 0 aliphatic carbocycles. The van der Waals surface area contributed by atoms with Crippen molar-refractivity contribution in [2.75, 3.05) is 0 Å². The van der Waals surface area contributed by atoms with Crippen LogP contribution in [-0.4, -0.2) is 15.9 Å². The molecule has 2 heterocycles. The lowest BCUT2D eigenvalue weighted by molar-refractivity contribution is 0.101. The molecule has 0 saturated carbocycles. The molecular weight excluding hydrogens is 204 g/mol. The maximum atomic E-state index is 11.2. The molecule has 14 heavy (non-hydrogen) atoms. The molecule has 0 N–H and O–H groups in total. The normalized spacial score (nSPS) is 10.8. The summed E-state index contributed by atoms with van der Waals surface area (Å²) in [5.74, 6) is -0.120. The first-order valence-electron chi connectivity index (χ1n) is 4.02. The van der Waals surface area contributed by atoms with Crippen molar-refractivity contribution in [3.63, 3.8) is 0 Å². The molecule has 2 rings (SSSR count). The van der Waals surface area contributed by atoms with Crippen LogP contribution in [0.1, 0.15) is 23.0 Å². The van der Waals surface area contributed by atoms with Crippen molar-refractivity contribution in [2.24, 2.45) is 0 Å². The average molecular weight is 211 g/mol. The lowest BCUT2D eigenvalue weighted by Crippen LogP contribution is -1.95. The van der Waals surface area contributed by atoms with Crippen LogP contribution >= 0.6 is 11.6 Å². The van der Waals surface area contributed by atoms with Crippen molar-refractivity contribution in [3.05, 3.63) is 22.5 Å². The molecule has 2 aromatic heterocycles. The van der Waals surface area contributed by atoms with Crippen molar-refractivity contribution >= 4 is 28.5 Å². The Morgan fingerprint density at radius 2 is 2.29 bits per heavy atom. The maximum absolute atomic E-state index is 11.2. The third-order valence-corrected chi connectivity index (χ3v) is 2.38. The molecule has 0 amide bonds. The van der Waals surface area contributed by atoms with Gasteiger partial charge in [-0.1, -0.05) is 16.8 Å². The highest BCUT2D eigenvalue weighted by atomic mass is 35.5. The Morgan fingerprint density at radius 3 is 2.93 bits per heavy atom. The van der Waals surface area contributed by atoms with E-state index in [0.29, 0.717) is 27.4 Å². The number of rotatable bonds is 1. The van der Waals surface area contributed by atoms with Gasteiger partial charge >= 0.3 is 0 Å². The van der Waals surface area contributed by atoms with Gasteiger partial charge in [0.1, 0.15) is 0 Å². The summed E-state index contributed by atoms with van der Waals surface area (Å²) in [5.41, 5.74) is 1.39. The quantitative estimate of drug-likeness (QED) is 0.678. The SMILES string of the molecule is CC(=O)c1cnc2onc(C)c2c1Cl. The van der Waals surface area contributed by atoms with Gasteiger partial charge in [0.2, 0.25) is 0 Å². The standard InChI is InChI=1S/C9H7ClN2O2/c1-4-7-8(10)6(5(2)13)3-11-9(7)14-12-4/h3H,1-2H3. The predicted molar refractivity (Wildman–Crippen MR) is 51.6 cm³/mol. The summed E-state index contributed by atoms with van der Waals surface area (Å²) >= 11 is 6.02. The van der Waals surface area contributed by atoms with Gasteiger partial charge in [-0.15, -0.1) is 0 Å². The van der Waals surface area contributed by atoms with E-state index in [1.165, 1.54) is 13.1 Å². The topological polar surface area (TPSA) is 56.0 Å². The van der Waals surface area contributed by atoms with Crippen LogP contribution in [-0.2, 0) is 0 Å². The molecule has 2 aromatic rings. The molecule has 0 atom stereocenters. The number of fused-ring (bicyclic) bond motifs is 1. The Morgan fingerprint density at radius 1 is 1.57 bits per heavy atom. The summed E-state index contributed by atoms with van der Waals surface area (Å²) in [6.07, 6.45) is 1.40. The molecular formula is C9H7ClN2O2. The van der Waals surface area contributed by atoms with Gasteiger partial charge < -0.3 is 4.52 Å². The van der Waals surface area contributed by atoms with Crippen molar-refractivity contribution in [3.8, 4) is 0 Å². The summed E-state index contributed by atoms with van der Waals surface area (Å²) in [5, 5.41) is 4.70. The Kier molecular flexibility index (Phi) is 2.00. The van der Waals surface area contributed by atoms with Crippen LogP contribution < -0.4 is 0 Å². The summed E-state index contributed by atoms with van der Waals surface area (Å²) in [6, 6.07) is 0. The van der Waals surface area contributed by atoms with E-state index in [4.69, 9.17) is 16.1 Å². The van der Waals surface area contributed by atoms with Gasteiger partial charge in [0.05, 0.1) is 21.7 Å². The predicted octanol–water partition coefficient (Wildman–Crippen LogP) is 2.39. The second-order valence-electron chi connectivity index (χ2n) is 2.99. The molecule has 0 radical (unpaired) electrons. The lowest BCUT2D eigenvalue weighted by atomic mass is 10.1. The molecule has 0 aliphatic rings. The smallest absolute Gasteiger partial charge is 0.259 e. The summed E-state index contributed by atoms with van der Waals surface area (Å²) < 4.78 is 4.91. The first-order valence-corrected chi connectivity index (χ1v) is 4.40. The number of pyridine rings is 1. The first kappa shape index (κ1) is 9.15. The third kappa shape index (κ3) is 1.19. The van der Waals surface area contributed by atoms with Crippen LogP contribution in [0.25, 0.3) is 11.1 Å². The number of Topliss-reactive ketones (excluding diaryl/α,β-unsaturated/α-hetero) is 1. The second kappa shape index (κ2) is 3.06. The van der Waals surface area contributed by atoms with Gasteiger partial charge in [0.15, 0.2) is 5.78 Å². The van der Waals surface area contributed by atoms with Crippen LogP contribution in [0.15, 0.2) is 10.7 Å². The Balaban J connectivity index is 2.86. The largest absolute Gasteiger partial charge is 0.335 e. The van der Waals surface area contributed by atoms with Crippen molar-refractivity contribution in [2.45, 2.75) is 13.8 Å². The molecule has 0 aliphatic heterocycles. The number of hydrogen-bond acceptors (Lipinski definition) is 4. The summed E-state index contributed by atoms with van der Waals surface area (Å²) in [6.45, 7) is 3.20. The lowest BCUT2D eigenvalue weighted by Gasteiger charge is -1.98. The van der Waals surface area contributed by atoms with E-state index < -0.39 is 0 Å². The monoisotopic (exact) mass is 210 g/mol. The van der Waals surface area contributed by atoms with E-state index >= 15 is 0 Å². The van der Waals surface area contributed by atoms with E-state index in [0.717, 1.165) is 0 Å². The number of aryl methyl sites for hydroxylation is 1. The Labute approximate surface area is 84.9 Å². The van der Waals surface area contributed by atoms with E-state index in [2.05, 4.69) is 10.1 Å². The molecule has 0 bridgehead atoms. The fraction of sp³-hybridized carbons (Fsp3) is 0.222. The highest BCUT2D eigenvalue weighted by Gasteiger charge is 2.15. The molecule has 0 aromatic carbocycles. The van der Waals surface area contributed by atoms with Crippen molar-refractivity contribution in [1.29, 1.82) is 0 Å². The number of halogens is 1. The number of carbonyl (C=O) groups is 1. The zero-order chi connectivity index (χ0) is 10.3. The molecule has 5 heteroatoms. The zero-order valence-electron chi connectivity index (χ0n) is 7.67. The van der Waals surface area contributed by atoms with Crippen LogP contribution in [0.4, 0.5) is 0 Å². The maximum Gasteiger partial charge on any atom is 0.259 e. The van der Waals surface area contributed by atoms with E-state index in [9.17, 15) is 4.79 Å². The minimum absolute atomic E-state index is 0.120. The van der Waals surface area contributed by atoms with Gasteiger partial charge in [0.25, 0.3) is 5.71 Å². The van der Waals surface area contributed by atoms with Gasteiger partial charge in [-0.25, -0.2) is 4.98 Å². The fourth-order valence-corrected chi connectivity index (χ4v) is 1.66. The first-order chi connectivity index (χ1) is 6.61. The molecule has 0 unspecified atom stereocenters. The number of ketones is 1. The summed E-state index contributed by atoms with van der Waals surface area (Å²) in [7, 11) is 0. The highest BCUT2D eigenvalue weighted by molar-refractivity contribution is 6.38. The van der Waals surface area contributed by atoms with Crippen molar-refractivity contribution in [1.82, 2.24) is 10.1 Å². The number of aromatic nitrogens is 2. The third-order valence-electron chi connectivity index (χ3n) is 1.99. The highest BCUT2D eigenvalue weighted by Crippen LogP contribution is 2.28. The van der Waals surface area contributed by atoms with Crippen LogP contribution in [0.5, 0.6) is 0 Å². The molecule has 0 spiro atoms. The number of nitrogens with zero attached hydrogens (tertiary/aromatic N) is 2.